The first kappa shape index (κ1) is 14.4. The van der Waals surface area contributed by atoms with Crippen LogP contribution in [0.4, 0.5) is 0 Å². The van der Waals surface area contributed by atoms with Gasteiger partial charge in [-0.3, -0.25) is 0 Å². The maximum absolute atomic E-state index is 10.5. The van der Waals surface area contributed by atoms with E-state index in [1.54, 1.807) is 0 Å². The van der Waals surface area contributed by atoms with Crippen molar-refractivity contribution in [3.05, 3.63) is 0 Å². The van der Waals surface area contributed by atoms with Crippen molar-refractivity contribution in [2.24, 2.45) is 17.3 Å². The third kappa shape index (κ3) is 2.65. The van der Waals surface area contributed by atoms with Crippen LogP contribution in [0.1, 0.15) is 40.0 Å². The van der Waals surface area contributed by atoms with Gasteiger partial charge in [0.15, 0.2) is 0 Å². The van der Waals surface area contributed by atoms with E-state index in [4.69, 9.17) is 5.11 Å². The topological polar surface area (TPSA) is 49.3 Å². The van der Waals surface area contributed by atoms with Crippen molar-refractivity contribution in [1.82, 2.24) is 5.32 Å². The number of carboxylic acids is 1. The minimum absolute atomic E-state index is 0.150. The number of hydrogen-bond acceptors (Lipinski definition) is 2. The number of fused-ring (bicyclic) bond motifs is 1. The molecule has 0 amide bonds. The fourth-order valence-electron chi connectivity index (χ4n) is 4.38. The summed E-state index contributed by atoms with van der Waals surface area (Å²) in [4.78, 5) is 10.5. The number of aliphatic carboxylic acids is 1. The molecule has 2 aliphatic rings. The number of nitrogens with one attached hydrogen (secondary N) is 1. The molecule has 17 heavy (non-hydrogen) atoms. The van der Waals surface area contributed by atoms with Crippen LogP contribution in [0.5, 0.6) is 0 Å². The predicted octanol–water partition coefficient (Wildman–Crippen LogP) is 1.96. The first-order valence-electron chi connectivity index (χ1n) is 6.82. The zero-order valence-electron chi connectivity index (χ0n) is 11.3. The van der Waals surface area contributed by atoms with Gasteiger partial charge in [0.05, 0.1) is 0 Å². The average Bonchev–Trinajstić information content (AvgIpc) is 2.70. The Morgan fingerprint density at radius 3 is 2.82 bits per heavy atom. The van der Waals surface area contributed by atoms with Crippen molar-refractivity contribution in [2.45, 2.75) is 39.9 Å². The fraction of sp³-hybridized carbons (Fsp3) is 0.923. The molecule has 4 heteroatoms. The molecule has 2 rings (SSSR count). The van der Waals surface area contributed by atoms with Gasteiger partial charge in [0.2, 0.25) is 0 Å². The third-order valence-corrected chi connectivity index (χ3v) is 15.4. The van der Waals surface area contributed by atoms with E-state index in [2.05, 4.69) is 26.1 Å². The van der Waals surface area contributed by atoms with Crippen molar-refractivity contribution in [2.75, 3.05) is 7.56 Å². The van der Waals surface area contributed by atoms with E-state index in [1.165, 1.54) is 19.3 Å². The summed E-state index contributed by atoms with van der Waals surface area (Å²) < 4.78 is 1.79. The molecule has 2 aliphatic carbocycles. The van der Waals surface area contributed by atoms with E-state index >= 15 is 0 Å². The maximum atomic E-state index is 10.5. The summed E-state index contributed by atoms with van der Waals surface area (Å²) in [6.45, 7) is 7.45. The zero-order chi connectivity index (χ0) is 12.7. The molecule has 0 aromatic heterocycles. The molecule has 3 nitrogen and oxygen atoms in total. The van der Waals surface area contributed by atoms with Crippen LogP contribution in [0.25, 0.3) is 0 Å². The van der Waals surface area contributed by atoms with Crippen molar-refractivity contribution in [3.63, 3.8) is 0 Å². The molecule has 3 atom stereocenters. The summed E-state index contributed by atoms with van der Waals surface area (Å²) in [6, 6.07) is 0. The summed E-state index contributed by atoms with van der Waals surface area (Å²) in [5.74, 6) is 1.14. The molecule has 2 saturated carbocycles. The summed E-state index contributed by atoms with van der Waals surface area (Å²) >= 11 is -1.02. The van der Waals surface area contributed by atoms with Crippen LogP contribution in [0.3, 0.4) is 0 Å². The fourth-order valence-corrected chi connectivity index (χ4v) is 14.9. The van der Waals surface area contributed by atoms with Crippen LogP contribution in [-0.4, -0.2) is 62.8 Å². The van der Waals surface area contributed by atoms with Crippen molar-refractivity contribution in [3.8, 4) is 0 Å². The molecule has 0 radical (unpaired) electrons. The van der Waals surface area contributed by atoms with Crippen LogP contribution in [0.15, 0.2) is 0 Å². The van der Waals surface area contributed by atoms with Gasteiger partial charge < -0.3 is 0 Å². The standard InChI is InChI=1S/C10H17.C3H6NO2.Ba/c1-7-4-5-8-9(6-7)10(8,2)3;1-4-2-3(5)6;/h7-8H,4-6H2,1-3H3;4H,1-2H2,(H,5,6);. The normalized spacial score (nSPS) is 38.1. The second kappa shape index (κ2) is 5.18. The molecular weight excluding hydrogens is 339 g/mol. The Labute approximate surface area is 128 Å². The average molecular weight is 363 g/mol. The monoisotopic (exact) mass is 363 g/mol. The quantitative estimate of drug-likeness (QED) is 0.581. The van der Waals surface area contributed by atoms with Crippen LogP contribution >= 0.6 is 0 Å². The van der Waals surface area contributed by atoms with E-state index in [0.29, 0.717) is 5.41 Å². The molecule has 2 fully saturated rings. The number of hydrogen-bond donors (Lipinski definition) is 2. The van der Waals surface area contributed by atoms with Gasteiger partial charge in [0, 0.05) is 0 Å². The molecule has 0 saturated heterocycles. The Hall–Kier alpha value is 1.00. The summed E-state index contributed by atoms with van der Waals surface area (Å²) in [7, 11) is 0. The first-order chi connectivity index (χ1) is 7.90. The van der Waals surface area contributed by atoms with Gasteiger partial charge in [-0.1, -0.05) is 0 Å². The molecule has 2 N–H and O–H groups in total. The summed E-state index contributed by atoms with van der Waals surface area (Å²) in [6.07, 6.45) is 4.26. The number of rotatable bonds is 5. The van der Waals surface area contributed by atoms with E-state index in [-0.39, 0.29) is 6.54 Å². The Kier molecular flexibility index (Phi) is 4.39. The first-order valence-corrected chi connectivity index (χ1v) is 12.2. The molecule has 3 unspecified atom stereocenters. The molecule has 0 aromatic carbocycles. The summed E-state index contributed by atoms with van der Waals surface area (Å²) in [5.41, 5.74) is 0.574. The van der Waals surface area contributed by atoms with E-state index in [1.807, 2.05) is 0 Å². The SMILES string of the molecule is CC1CCC2C(C)(C)[C]2([Ba][CH2]NCC(=O)O)C1. The Morgan fingerprint density at radius 1 is 1.47 bits per heavy atom. The molecular formula is C13H23BaNO2. The zero-order valence-corrected chi connectivity index (χ0v) is 15.7. The second-order valence-electron chi connectivity index (χ2n) is 6.64. The van der Waals surface area contributed by atoms with Gasteiger partial charge in [0.1, 0.15) is 0 Å². The van der Waals surface area contributed by atoms with Gasteiger partial charge in [0.25, 0.3) is 0 Å². The Morgan fingerprint density at radius 2 is 2.18 bits per heavy atom. The minimum atomic E-state index is -1.02. The van der Waals surface area contributed by atoms with E-state index in [9.17, 15) is 4.79 Å². The number of carboxylic acid groups (broad SMARTS) is 1. The van der Waals surface area contributed by atoms with E-state index in [0.717, 1.165) is 12.7 Å². The predicted molar refractivity (Wildman–Crippen MR) is 69.2 cm³/mol. The van der Waals surface area contributed by atoms with Crippen molar-refractivity contribution < 1.29 is 9.90 Å². The van der Waals surface area contributed by atoms with Gasteiger partial charge in [-0.05, 0) is 0 Å². The molecule has 0 heterocycles. The van der Waals surface area contributed by atoms with Gasteiger partial charge in [-0.2, -0.15) is 0 Å². The molecule has 0 bridgehead atoms. The van der Waals surface area contributed by atoms with Gasteiger partial charge in [-0.15, -0.1) is 0 Å². The van der Waals surface area contributed by atoms with Crippen LogP contribution in [0.2, 0.25) is -0.117 Å². The van der Waals surface area contributed by atoms with Crippen LogP contribution < -0.4 is 5.32 Å². The van der Waals surface area contributed by atoms with E-state index < -0.39 is 50.2 Å². The number of carbonyl (C=O) groups is 1. The van der Waals surface area contributed by atoms with Gasteiger partial charge >= 0.3 is 130 Å². The molecule has 0 spiro atoms. The Bertz CT molecular complexity index is 319. The summed E-state index contributed by atoms with van der Waals surface area (Å²) in [5, 5.41) is 11.8. The molecule has 94 valence electrons. The Balaban J connectivity index is 1.87. The third-order valence-electron chi connectivity index (χ3n) is 5.42. The van der Waals surface area contributed by atoms with Gasteiger partial charge in [-0.25, -0.2) is 0 Å². The van der Waals surface area contributed by atoms with Crippen LogP contribution in [0, 0.1) is 17.3 Å². The second-order valence-corrected chi connectivity index (χ2v) is 13.7. The molecule has 0 aliphatic heterocycles. The van der Waals surface area contributed by atoms with Crippen molar-refractivity contribution in [1.29, 1.82) is 0 Å². The van der Waals surface area contributed by atoms with Crippen molar-refractivity contribution >= 4 is 50.2 Å². The van der Waals surface area contributed by atoms with Crippen LogP contribution in [-0.2, 0) is 4.79 Å². The molecule has 0 aromatic rings.